The summed E-state index contributed by atoms with van der Waals surface area (Å²) in [4.78, 5) is 0.169. The van der Waals surface area contributed by atoms with Crippen LogP contribution in [0.15, 0.2) is 64.7 Å². The van der Waals surface area contributed by atoms with Gasteiger partial charge in [-0.05, 0) is 55.3 Å². The maximum atomic E-state index is 12.5. The van der Waals surface area contributed by atoms with Crippen LogP contribution < -0.4 is 4.72 Å². The second-order valence-corrected chi connectivity index (χ2v) is 7.59. The van der Waals surface area contributed by atoms with Crippen molar-refractivity contribution in [2.45, 2.75) is 24.9 Å². The van der Waals surface area contributed by atoms with Gasteiger partial charge >= 0.3 is 6.18 Å². The quantitative estimate of drug-likeness (QED) is 0.773. The second-order valence-electron chi connectivity index (χ2n) is 5.83. The minimum atomic E-state index is -4.37. The number of nitrogens with one attached hydrogen (secondary N) is 1. The molecule has 0 bridgehead atoms. The van der Waals surface area contributed by atoms with Crippen molar-refractivity contribution in [3.8, 4) is 0 Å². The molecule has 0 aliphatic heterocycles. The lowest BCUT2D eigenvalue weighted by atomic mass is 10.1. The van der Waals surface area contributed by atoms with Gasteiger partial charge < -0.3 is 0 Å². The first-order chi connectivity index (χ1) is 12.1. The molecule has 0 fully saturated rings. The number of aryl methyl sites for hydroxylation is 1. The van der Waals surface area contributed by atoms with Gasteiger partial charge in [0, 0.05) is 6.54 Å². The molecule has 2 aromatic carbocycles. The Balaban J connectivity index is 2.05. The normalized spacial score (nSPS) is 11.7. The lowest BCUT2D eigenvalue weighted by molar-refractivity contribution is -0.137. The molecule has 0 amide bonds. The number of halogens is 3. The van der Waals surface area contributed by atoms with Gasteiger partial charge in [-0.25, -0.2) is 13.1 Å². The van der Waals surface area contributed by atoms with Gasteiger partial charge in [0.05, 0.1) is 10.5 Å². The second kappa shape index (κ2) is 7.91. The highest BCUT2D eigenvalue weighted by Gasteiger charge is 2.29. The first-order valence-corrected chi connectivity index (χ1v) is 9.22. The average Bonchev–Trinajstić information content (AvgIpc) is 2.58. The van der Waals surface area contributed by atoms with Crippen LogP contribution in [0.1, 0.15) is 23.6 Å². The third-order valence-electron chi connectivity index (χ3n) is 3.58. The Morgan fingerprint density at radius 3 is 2.19 bits per heavy atom. The molecule has 26 heavy (non-hydrogen) atoms. The van der Waals surface area contributed by atoms with Crippen molar-refractivity contribution >= 4 is 16.1 Å². The number of alkyl halides is 3. The predicted molar refractivity (Wildman–Crippen MR) is 95.0 cm³/mol. The Hall–Kier alpha value is -2.34. The van der Waals surface area contributed by atoms with Crippen molar-refractivity contribution in [2.24, 2.45) is 0 Å². The van der Waals surface area contributed by atoms with Gasteiger partial charge in [0.1, 0.15) is 0 Å². The lowest BCUT2D eigenvalue weighted by Crippen LogP contribution is -2.25. The lowest BCUT2D eigenvalue weighted by Gasteiger charge is -2.06. The zero-order chi connectivity index (χ0) is 19.4. The summed E-state index contributed by atoms with van der Waals surface area (Å²) >= 11 is 0. The fourth-order valence-corrected chi connectivity index (χ4v) is 3.10. The molecule has 138 valence electrons. The molecule has 0 spiro atoms. The molecule has 0 aliphatic carbocycles. The molecular weight excluding hydrogens is 363 g/mol. The van der Waals surface area contributed by atoms with E-state index in [9.17, 15) is 21.6 Å². The van der Waals surface area contributed by atoms with E-state index in [1.165, 1.54) is 30.3 Å². The van der Waals surface area contributed by atoms with Gasteiger partial charge in [0.25, 0.3) is 0 Å². The highest BCUT2D eigenvalue weighted by Crippen LogP contribution is 2.29. The smallest absolute Gasteiger partial charge is 0.207 e. The van der Waals surface area contributed by atoms with Crippen molar-refractivity contribution in [3.63, 3.8) is 0 Å². The highest BCUT2D eigenvalue weighted by molar-refractivity contribution is 7.89. The van der Waals surface area contributed by atoms with Crippen LogP contribution in [0.5, 0.6) is 0 Å². The molecule has 0 aromatic heterocycles. The molecule has 2 aromatic rings. The van der Waals surface area contributed by atoms with Crippen molar-refractivity contribution < 1.29 is 21.6 Å². The van der Waals surface area contributed by atoms with Crippen LogP contribution in [0.4, 0.5) is 13.2 Å². The summed E-state index contributed by atoms with van der Waals surface area (Å²) in [5, 5.41) is 0. The van der Waals surface area contributed by atoms with E-state index in [1.54, 1.807) is 19.1 Å². The van der Waals surface area contributed by atoms with Crippen LogP contribution in [0, 0.1) is 6.92 Å². The molecule has 0 radical (unpaired) electrons. The number of rotatable bonds is 5. The van der Waals surface area contributed by atoms with E-state index < -0.39 is 21.8 Å². The predicted octanol–water partition coefficient (Wildman–Crippen LogP) is 4.55. The summed E-state index contributed by atoms with van der Waals surface area (Å²) in [6.07, 6.45) is -2.86. The van der Waals surface area contributed by atoms with Crippen molar-refractivity contribution in [3.05, 3.63) is 76.5 Å². The molecule has 0 unspecified atom stereocenters. The standard InChI is InChI=1S/C19H18F3NO2S/c1-14-4-11-18(12-5-14)26(24,25)23-13-15(2)3-6-16-7-9-17(10-8-16)19(20,21)22/h4-12,23H,13H2,1-2H3. The van der Waals surface area contributed by atoms with Gasteiger partial charge in [-0.3, -0.25) is 0 Å². The molecule has 0 saturated heterocycles. The summed E-state index contributed by atoms with van der Waals surface area (Å²) in [7, 11) is -3.63. The molecule has 0 aliphatic rings. The maximum Gasteiger partial charge on any atom is 0.416 e. The largest absolute Gasteiger partial charge is 0.416 e. The molecule has 2 rings (SSSR count). The summed E-state index contributed by atoms with van der Waals surface area (Å²) in [6.45, 7) is 3.59. The third-order valence-corrected chi connectivity index (χ3v) is 5.00. The summed E-state index contributed by atoms with van der Waals surface area (Å²) < 4.78 is 64.4. The van der Waals surface area contributed by atoms with E-state index in [1.807, 2.05) is 6.92 Å². The van der Waals surface area contributed by atoms with Gasteiger partial charge in [-0.1, -0.05) is 29.8 Å². The molecule has 1 N–H and O–H groups in total. The van der Waals surface area contributed by atoms with Crippen molar-refractivity contribution in [1.82, 2.24) is 4.72 Å². The summed E-state index contributed by atoms with van der Waals surface area (Å²) in [5.41, 5.74) is 4.25. The Bertz CT molecular complexity index is 922. The molecule has 0 heterocycles. The van der Waals surface area contributed by atoms with Crippen LogP contribution in [0.2, 0.25) is 0 Å². The fourth-order valence-electron chi connectivity index (χ4n) is 2.03. The van der Waals surface area contributed by atoms with E-state index >= 15 is 0 Å². The van der Waals surface area contributed by atoms with Gasteiger partial charge in [0.15, 0.2) is 0 Å². The Morgan fingerprint density at radius 1 is 1.08 bits per heavy atom. The highest BCUT2D eigenvalue weighted by atomic mass is 32.2. The maximum absolute atomic E-state index is 12.5. The number of hydrogen-bond donors (Lipinski definition) is 1. The Labute approximate surface area is 150 Å². The minimum Gasteiger partial charge on any atom is -0.207 e. The number of sulfonamides is 1. The Morgan fingerprint density at radius 2 is 1.65 bits per heavy atom. The van der Waals surface area contributed by atoms with Crippen molar-refractivity contribution in [2.75, 3.05) is 6.54 Å². The fraction of sp³-hybridized carbons (Fsp3) is 0.211. The number of benzene rings is 2. The topological polar surface area (TPSA) is 46.2 Å². The first-order valence-electron chi connectivity index (χ1n) is 7.74. The van der Waals surface area contributed by atoms with Gasteiger partial charge in [-0.2, -0.15) is 13.2 Å². The van der Waals surface area contributed by atoms with E-state index in [0.717, 1.165) is 17.7 Å². The zero-order valence-corrected chi connectivity index (χ0v) is 15.1. The Kier molecular flexibility index (Phi) is 6.08. The molecule has 7 heteroatoms. The van der Waals surface area contributed by atoms with Crippen molar-refractivity contribution in [1.29, 1.82) is 0 Å². The molecular formula is C19H18F3NO2S. The number of hydrogen-bond acceptors (Lipinski definition) is 2. The van der Waals surface area contributed by atoms with Crippen LogP contribution in [0.25, 0.3) is 6.08 Å². The van der Waals surface area contributed by atoms with E-state index in [-0.39, 0.29) is 11.4 Å². The summed E-state index contributed by atoms with van der Waals surface area (Å²) in [5.74, 6) is 0. The first kappa shape index (κ1) is 20.0. The monoisotopic (exact) mass is 381 g/mol. The van der Waals surface area contributed by atoms with Crippen LogP contribution in [0.3, 0.4) is 0 Å². The van der Waals surface area contributed by atoms with Crippen LogP contribution >= 0.6 is 0 Å². The summed E-state index contributed by atoms with van der Waals surface area (Å²) in [6, 6.07) is 11.1. The average molecular weight is 381 g/mol. The van der Waals surface area contributed by atoms with E-state index in [0.29, 0.717) is 11.1 Å². The molecule has 0 atom stereocenters. The van der Waals surface area contributed by atoms with E-state index in [4.69, 9.17) is 0 Å². The van der Waals surface area contributed by atoms with Crippen LogP contribution in [-0.4, -0.2) is 15.0 Å². The zero-order valence-electron chi connectivity index (χ0n) is 14.3. The SMILES string of the molecule is CC(=C=Cc1ccc(C(F)(F)F)cc1)CNS(=O)(=O)c1ccc(C)cc1. The van der Waals surface area contributed by atoms with E-state index in [2.05, 4.69) is 10.5 Å². The van der Waals surface area contributed by atoms with Crippen LogP contribution in [-0.2, 0) is 16.2 Å². The van der Waals surface area contributed by atoms with Gasteiger partial charge in [0.2, 0.25) is 10.0 Å². The molecule has 0 saturated carbocycles. The van der Waals surface area contributed by atoms with Gasteiger partial charge in [-0.15, -0.1) is 5.73 Å². The minimum absolute atomic E-state index is 0.0490. The third kappa shape index (κ3) is 5.59. The molecule has 3 nitrogen and oxygen atoms in total.